The molecule has 0 unspecified atom stereocenters. The molecule has 4 heteroatoms. The molecule has 0 aliphatic rings. The SMILES string of the molecule is C=CCc1cccc2[cH-]c(CCCC)cc12.C=CCc1cccc2[cH-]c(CCCC)cc12.C[Si]C.[Cl][Zr+2][Cl]. The van der Waals surface area contributed by atoms with E-state index in [0.29, 0.717) is 0 Å². The van der Waals surface area contributed by atoms with E-state index in [2.05, 4.69) is 101 Å². The first-order valence-electron chi connectivity index (χ1n) is 13.6. The molecule has 0 aromatic heterocycles. The van der Waals surface area contributed by atoms with Crippen LogP contribution in [0.15, 0.2) is 86.0 Å². The first-order valence-corrected chi connectivity index (χ1v) is 22.0. The Balaban J connectivity index is 0.000000315. The molecule has 0 nitrogen and oxygen atoms in total. The molecule has 0 fully saturated rings. The number of unbranched alkanes of at least 4 members (excludes halogenated alkanes) is 2. The monoisotopic (exact) mass is 640 g/mol. The Morgan fingerprint density at radius 3 is 1.45 bits per heavy atom. The molecule has 202 valence electrons. The van der Waals surface area contributed by atoms with Crippen LogP contribution in [0.5, 0.6) is 0 Å². The van der Waals surface area contributed by atoms with Gasteiger partial charge in [0.25, 0.3) is 0 Å². The number of benzene rings is 2. The molecule has 0 saturated carbocycles. The van der Waals surface area contributed by atoms with Crippen molar-refractivity contribution < 1.29 is 20.8 Å². The average Bonchev–Trinajstić information content (AvgIpc) is 3.53. The van der Waals surface area contributed by atoms with E-state index >= 15 is 0 Å². The first-order chi connectivity index (χ1) is 18.5. The van der Waals surface area contributed by atoms with Crippen LogP contribution in [0.3, 0.4) is 0 Å². The van der Waals surface area contributed by atoms with Crippen molar-refractivity contribution in [1.82, 2.24) is 0 Å². The molecule has 0 heterocycles. The minimum atomic E-state index is -0.826. The van der Waals surface area contributed by atoms with Gasteiger partial charge in [0.1, 0.15) is 0 Å². The Labute approximate surface area is 253 Å². The van der Waals surface area contributed by atoms with Crippen LogP contribution < -0.4 is 0 Å². The van der Waals surface area contributed by atoms with Crippen LogP contribution in [-0.2, 0) is 46.5 Å². The van der Waals surface area contributed by atoms with Gasteiger partial charge in [-0.25, -0.2) is 0 Å². The van der Waals surface area contributed by atoms with Gasteiger partial charge >= 0.3 is 37.9 Å². The molecular weight excluding hydrogens is 599 g/mol. The van der Waals surface area contributed by atoms with Gasteiger partial charge < -0.3 is 0 Å². The predicted octanol–water partition coefficient (Wildman–Crippen LogP) is 11.4. The third-order valence-corrected chi connectivity index (χ3v) is 6.17. The van der Waals surface area contributed by atoms with E-state index in [9.17, 15) is 0 Å². The van der Waals surface area contributed by atoms with Crippen molar-refractivity contribution >= 4 is 48.1 Å². The summed E-state index contributed by atoms with van der Waals surface area (Å²) in [6, 6.07) is 22.5. The summed E-state index contributed by atoms with van der Waals surface area (Å²) in [5.74, 6) is 0. The van der Waals surface area contributed by atoms with E-state index in [4.69, 9.17) is 17.0 Å². The summed E-state index contributed by atoms with van der Waals surface area (Å²) < 4.78 is 0. The van der Waals surface area contributed by atoms with Crippen molar-refractivity contribution in [1.29, 1.82) is 0 Å². The summed E-state index contributed by atoms with van der Waals surface area (Å²) in [5, 5.41) is 5.58. The van der Waals surface area contributed by atoms with E-state index in [0.717, 1.165) is 22.4 Å². The zero-order chi connectivity index (χ0) is 28.2. The van der Waals surface area contributed by atoms with Crippen LogP contribution in [0.1, 0.15) is 61.8 Å². The first kappa shape index (κ1) is 34.8. The van der Waals surface area contributed by atoms with E-state index in [-0.39, 0.29) is 0 Å². The van der Waals surface area contributed by atoms with Crippen molar-refractivity contribution in [3.05, 3.63) is 108 Å². The molecule has 0 aliphatic carbocycles. The number of rotatable bonds is 10. The topological polar surface area (TPSA) is 0 Å². The summed E-state index contributed by atoms with van der Waals surface area (Å²) in [6.07, 6.45) is 13.4. The summed E-state index contributed by atoms with van der Waals surface area (Å²) >= 11 is -0.826. The third kappa shape index (κ3) is 12.3. The fourth-order valence-corrected chi connectivity index (χ4v) is 4.44. The Hall–Kier alpha value is -1.18. The number of allylic oxidation sites excluding steroid dienone is 2. The van der Waals surface area contributed by atoms with Crippen LogP contribution in [0, 0.1) is 0 Å². The minimum absolute atomic E-state index is 0.826. The Kier molecular flexibility index (Phi) is 19.8. The van der Waals surface area contributed by atoms with E-state index in [1.54, 1.807) is 0 Å². The average molecular weight is 643 g/mol. The number of halogens is 2. The molecule has 4 aromatic rings. The zero-order valence-electron chi connectivity index (χ0n) is 23.8. The van der Waals surface area contributed by atoms with E-state index in [1.807, 2.05) is 12.2 Å². The van der Waals surface area contributed by atoms with Gasteiger partial charge in [-0.2, -0.15) is 12.1 Å². The number of aryl methyl sites for hydroxylation is 2. The number of hydrogen-bond donors (Lipinski definition) is 0. The van der Waals surface area contributed by atoms with Crippen LogP contribution in [-0.4, -0.2) is 9.52 Å². The van der Waals surface area contributed by atoms with Gasteiger partial charge in [-0.1, -0.05) is 88.0 Å². The molecule has 4 rings (SSSR count). The summed E-state index contributed by atoms with van der Waals surface area (Å²) in [5.41, 5.74) is 5.76. The van der Waals surface area contributed by atoms with Crippen molar-refractivity contribution in [3.8, 4) is 0 Å². The molecule has 0 atom stereocenters. The van der Waals surface area contributed by atoms with Gasteiger partial charge in [-0.15, -0.1) is 82.2 Å². The maximum absolute atomic E-state index is 4.93. The second-order valence-electron chi connectivity index (χ2n) is 9.33. The molecule has 38 heavy (non-hydrogen) atoms. The van der Waals surface area contributed by atoms with Crippen LogP contribution in [0.2, 0.25) is 13.1 Å². The molecule has 0 aliphatic heterocycles. The molecule has 2 radical (unpaired) electrons. The quantitative estimate of drug-likeness (QED) is 0.0917. The molecule has 0 N–H and O–H groups in total. The van der Waals surface area contributed by atoms with Gasteiger partial charge in [-0.05, 0) is 25.7 Å². The summed E-state index contributed by atoms with van der Waals surface area (Å²) in [4.78, 5) is 0. The van der Waals surface area contributed by atoms with Crippen molar-refractivity contribution in [3.63, 3.8) is 0 Å². The molecule has 0 amide bonds. The Morgan fingerprint density at radius 2 is 1.13 bits per heavy atom. The van der Waals surface area contributed by atoms with Gasteiger partial charge in [-0.3, -0.25) is 0 Å². The molecule has 0 saturated heterocycles. The Bertz CT molecular complexity index is 1090. The molecular formula is C34H44Cl2SiZr. The normalized spacial score (nSPS) is 9.84. The van der Waals surface area contributed by atoms with Crippen molar-refractivity contribution in [2.75, 3.05) is 0 Å². The van der Waals surface area contributed by atoms with Crippen molar-refractivity contribution in [2.24, 2.45) is 0 Å². The molecule has 0 spiro atoms. The van der Waals surface area contributed by atoms with Gasteiger partial charge in [0.05, 0.1) is 0 Å². The summed E-state index contributed by atoms with van der Waals surface area (Å²) in [7, 11) is 11.0. The second kappa shape index (κ2) is 21.6. The Morgan fingerprint density at radius 1 is 0.763 bits per heavy atom. The fraction of sp³-hybridized carbons (Fsp3) is 0.353. The second-order valence-corrected chi connectivity index (χ2v) is 14.1. The van der Waals surface area contributed by atoms with E-state index < -0.39 is 20.8 Å². The number of hydrogen-bond acceptors (Lipinski definition) is 0. The third-order valence-electron chi connectivity index (χ3n) is 6.17. The van der Waals surface area contributed by atoms with Gasteiger partial charge in [0.15, 0.2) is 0 Å². The van der Waals surface area contributed by atoms with Crippen LogP contribution in [0.25, 0.3) is 21.5 Å². The van der Waals surface area contributed by atoms with Gasteiger partial charge in [0.2, 0.25) is 0 Å². The van der Waals surface area contributed by atoms with Crippen molar-refractivity contribution in [2.45, 2.75) is 78.3 Å². The maximum atomic E-state index is 4.93. The van der Waals surface area contributed by atoms with E-state index in [1.165, 1.54) is 82.3 Å². The van der Waals surface area contributed by atoms with Gasteiger partial charge in [0, 0.05) is 9.52 Å². The zero-order valence-corrected chi connectivity index (χ0v) is 28.7. The predicted molar refractivity (Wildman–Crippen MR) is 173 cm³/mol. The van der Waals surface area contributed by atoms with Crippen LogP contribution in [0.4, 0.5) is 0 Å². The fourth-order valence-electron chi connectivity index (χ4n) is 4.44. The standard InChI is InChI=1S/2C16H19.C2H6Si.2ClH.Zr/c2*1-3-5-8-13-11-15-10-6-9-14(7-4-2)16(15)12-13;1-3-2;;;/h2*4,6,9-12H,2-3,5,7-8H2,1H3;1-2H3;2*1H;/q2*-1;;;;+4/p-2. The van der Waals surface area contributed by atoms with Crippen LogP contribution >= 0.6 is 17.0 Å². The molecule has 0 bridgehead atoms. The number of fused-ring (bicyclic) bond motifs is 2. The molecule has 4 aromatic carbocycles. The summed E-state index contributed by atoms with van der Waals surface area (Å²) in [6.45, 7) is 16.4.